The van der Waals surface area contributed by atoms with Gasteiger partial charge in [-0.1, -0.05) is 29.8 Å². The maximum atomic E-state index is 11.0. The molecule has 0 atom stereocenters. The smallest absolute Gasteiger partial charge is 0.293 e. The molecule has 0 saturated heterocycles. The number of hydrogen-bond donors (Lipinski definition) is 1. The predicted octanol–water partition coefficient (Wildman–Crippen LogP) is 3.87. The van der Waals surface area contributed by atoms with Crippen molar-refractivity contribution in [3.63, 3.8) is 0 Å². The Balaban J connectivity index is 2.21. The topological polar surface area (TPSA) is 64.4 Å². The third kappa shape index (κ3) is 3.19. The van der Waals surface area contributed by atoms with Gasteiger partial charge in [-0.25, -0.2) is 0 Å². The Bertz CT molecular complexity index is 632. The molecule has 6 heteroatoms. The van der Waals surface area contributed by atoms with E-state index in [0.717, 1.165) is 11.3 Å². The third-order valence-corrected chi connectivity index (χ3v) is 3.05. The summed E-state index contributed by atoms with van der Waals surface area (Å²) in [7, 11) is 1.59. The lowest BCUT2D eigenvalue weighted by atomic mass is 10.2. The highest BCUT2D eigenvalue weighted by molar-refractivity contribution is 6.30. The van der Waals surface area contributed by atoms with Gasteiger partial charge in [0.15, 0.2) is 0 Å². The normalized spacial score (nSPS) is 10.1. The highest BCUT2D eigenvalue weighted by Crippen LogP contribution is 2.29. The van der Waals surface area contributed by atoms with Crippen LogP contribution in [0.15, 0.2) is 42.5 Å². The fourth-order valence-electron chi connectivity index (χ4n) is 1.84. The van der Waals surface area contributed by atoms with Gasteiger partial charge in [-0.3, -0.25) is 10.1 Å². The van der Waals surface area contributed by atoms with Crippen LogP contribution in [0, 0.1) is 10.1 Å². The van der Waals surface area contributed by atoms with Gasteiger partial charge >= 0.3 is 0 Å². The molecule has 5 nitrogen and oxygen atoms in total. The molecule has 1 N–H and O–H groups in total. The first kappa shape index (κ1) is 14.1. The van der Waals surface area contributed by atoms with Crippen LogP contribution >= 0.6 is 11.6 Å². The first-order valence-corrected chi connectivity index (χ1v) is 6.29. The molecule has 0 amide bonds. The number of nitrogens with one attached hydrogen (secondary N) is 1. The van der Waals surface area contributed by atoms with E-state index in [9.17, 15) is 10.1 Å². The summed E-state index contributed by atoms with van der Waals surface area (Å²) in [6.45, 7) is 0.423. The minimum atomic E-state index is -0.462. The molecule has 104 valence electrons. The molecule has 0 unspecified atom stereocenters. The van der Waals surface area contributed by atoms with Crippen LogP contribution in [0.1, 0.15) is 5.56 Å². The van der Waals surface area contributed by atoms with Crippen LogP contribution in [0.3, 0.4) is 0 Å². The van der Waals surface area contributed by atoms with Crippen molar-refractivity contribution in [1.29, 1.82) is 0 Å². The van der Waals surface area contributed by atoms with Crippen LogP contribution in [0.25, 0.3) is 0 Å². The van der Waals surface area contributed by atoms with Gasteiger partial charge < -0.3 is 10.1 Å². The summed E-state index contributed by atoms with van der Waals surface area (Å²) < 4.78 is 5.24. The van der Waals surface area contributed by atoms with Crippen molar-refractivity contribution in [3.8, 4) is 5.75 Å². The van der Waals surface area contributed by atoms with Crippen molar-refractivity contribution in [2.24, 2.45) is 0 Å². The van der Waals surface area contributed by atoms with Crippen molar-refractivity contribution in [1.82, 2.24) is 0 Å². The summed E-state index contributed by atoms with van der Waals surface area (Å²) in [4.78, 5) is 10.5. The largest absolute Gasteiger partial charge is 0.496 e. The van der Waals surface area contributed by atoms with Crippen LogP contribution in [0.2, 0.25) is 5.02 Å². The Hall–Kier alpha value is -2.27. The lowest BCUT2D eigenvalue weighted by Crippen LogP contribution is -2.04. The van der Waals surface area contributed by atoms with E-state index in [1.807, 2.05) is 24.3 Å². The summed E-state index contributed by atoms with van der Waals surface area (Å²) in [5.74, 6) is 0.733. The van der Waals surface area contributed by atoms with E-state index in [4.69, 9.17) is 16.3 Å². The lowest BCUT2D eigenvalue weighted by Gasteiger charge is -2.10. The molecule has 0 saturated carbocycles. The molecule has 0 aromatic heterocycles. The summed E-state index contributed by atoms with van der Waals surface area (Å²) in [5, 5.41) is 14.4. The van der Waals surface area contributed by atoms with E-state index in [2.05, 4.69) is 5.32 Å². The van der Waals surface area contributed by atoms with Gasteiger partial charge in [0.05, 0.1) is 12.0 Å². The number of nitro benzene ring substituents is 1. The van der Waals surface area contributed by atoms with Gasteiger partial charge in [-0.2, -0.15) is 0 Å². The van der Waals surface area contributed by atoms with Gasteiger partial charge in [0, 0.05) is 23.2 Å². The van der Waals surface area contributed by atoms with Crippen LogP contribution < -0.4 is 10.1 Å². The Morgan fingerprint density at radius 3 is 2.75 bits per heavy atom. The molecule has 0 bridgehead atoms. The number of ether oxygens (including phenoxy) is 1. The number of rotatable bonds is 5. The zero-order chi connectivity index (χ0) is 14.5. The molecule has 20 heavy (non-hydrogen) atoms. The number of para-hydroxylation sites is 1. The molecule has 0 spiro atoms. The zero-order valence-electron chi connectivity index (χ0n) is 10.8. The number of hydrogen-bond acceptors (Lipinski definition) is 4. The summed E-state index contributed by atoms with van der Waals surface area (Å²) >= 11 is 5.77. The highest BCUT2D eigenvalue weighted by Gasteiger charge is 2.14. The van der Waals surface area contributed by atoms with Crippen LogP contribution in [0.5, 0.6) is 5.75 Å². The first-order chi connectivity index (χ1) is 9.61. The highest BCUT2D eigenvalue weighted by atomic mass is 35.5. The van der Waals surface area contributed by atoms with Crippen LogP contribution in [-0.4, -0.2) is 12.0 Å². The van der Waals surface area contributed by atoms with Crippen molar-refractivity contribution in [2.75, 3.05) is 12.4 Å². The zero-order valence-corrected chi connectivity index (χ0v) is 11.6. The number of nitrogens with zero attached hydrogens (tertiary/aromatic N) is 1. The van der Waals surface area contributed by atoms with Gasteiger partial charge in [0.1, 0.15) is 11.4 Å². The number of methoxy groups -OCH3 is 1. The minimum absolute atomic E-state index is 0.0487. The second kappa shape index (κ2) is 6.25. The van der Waals surface area contributed by atoms with Gasteiger partial charge in [-0.15, -0.1) is 0 Å². The minimum Gasteiger partial charge on any atom is -0.496 e. The molecule has 0 heterocycles. The maximum Gasteiger partial charge on any atom is 0.293 e. The van der Waals surface area contributed by atoms with E-state index in [0.29, 0.717) is 17.3 Å². The standard InChI is InChI=1S/C14H13ClN2O3/c1-20-14-5-3-2-4-10(14)9-16-12-7-6-11(15)8-13(12)17(18)19/h2-8,16H,9H2,1H3. The second-order valence-corrected chi connectivity index (χ2v) is 4.52. The number of halogens is 1. The first-order valence-electron chi connectivity index (χ1n) is 5.91. The monoisotopic (exact) mass is 292 g/mol. The van der Waals surface area contributed by atoms with E-state index >= 15 is 0 Å². The molecule has 0 fully saturated rings. The van der Waals surface area contributed by atoms with E-state index in [1.54, 1.807) is 19.2 Å². The van der Waals surface area contributed by atoms with Crippen molar-refractivity contribution in [3.05, 3.63) is 63.2 Å². The van der Waals surface area contributed by atoms with Crippen molar-refractivity contribution in [2.45, 2.75) is 6.54 Å². The molecular formula is C14H13ClN2O3. The maximum absolute atomic E-state index is 11.0. The van der Waals surface area contributed by atoms with Crippen molar-refractivity contribution >= 4 is 23.0 Å². The number of anilines is 1. The van der Waals surface area contributed by atoms with Gasteiger partial charge in [-0.05, 0) is 18.2 Å². The van der Waals surface area contributed by atoms with E-state index in [1.165, 1.54) is 6.07 Å². The fourth-order valence-corrected chi connectivity index (χ4v) is 2.01. The number of benzene rings is 2. The summed E-state index contributed by atoms with van der Waals surface area (Å²) in [6.07, 6.45) is 0. The molecule has 0 aliphatic rings. The van der Waals surface area contributed by atoms with E-state index in [-0.39, 0.29) is 5.69 Å². The summed E-state index contributed by atoms with van der Waals surface area (Å²) in [6, 6.07) is 12.0. The quantitative estimate of drug-likeness (QED) is 0.671. The SMILES string of the molecule is COc1ccccc1CNc1ccc(Cl)cc1[N+](=O)[O-]. The van der Waals surface area contributed by atoms with E-state index < -0.39 is 4.92 Å². The Morgan fingerprint density at radius 1 is 1.30 bits per heavy atom. The lowest BCUT2D eigenvalue weighted by molar-refractivity contribution is -0.383. The molecule has 0 radical (unpaired) electrons. The average molecular weight is 293 g/mol. The average Bonchev–Trinajstić information content (AvgIpc) is 2.46. The molecule has 0 aliphatic heterocycles. The summed E-state index contributed by atoms with van der Waals surface area (Å²) in [5.41, 5.74) is 1.29. The molecule has 2 rings (SSSR count). The van der Waals surface area contributed by atoms with Crippen LogP contribution in [0.4, 0.5) is 11.4 Å². The Morgan fingerprint density at radius 2 is 2.05 bits per heavy atom. The van der Waals surface area contributed by atoms with Crippen LogP contribution in [-0.2, 0) is 6.54 Å². The predicted molar refractivity (Wildman–Crippen MR) is 78.4 cm³/mol. The Labute approximate surface area is 121 Å². The second-order valence-electron chi connectivity index (χ2n) is 4.08. The van der Waals surface area contributed by atoms with Gasteiger partial charge in [0.25, 0.3) is 5.69 Å². The Kier molecular flexibility index (Phi) is 4.42. The fraction of sp³-hybridized carbons (Fsp3) is 0.143. The van der Waals surface area contributed by atoms with Crippen molar-refractivity contribution < 1.29 is 9.66 Å². The molecule has 0 aliphatic carbocycles. The molecule has 2 aromatic rings. The third-order valence-electron chi connectivity index (χ3n) is 2.82. The van der Waals surface area contributed by atoms with Gasteiger partial charge in [0.2, 0.25) is 0 Å². The molecular weight excluding hydrogens is 280 g/mol. The number of nitro groups is 1. The molecule has 2 aromatic carbocycles.